The van der Waals surface area contributed by atoms with E-state index in [0.717, 1.165) is 6.07 Å². The Bertz CT molecular complexity index is 432. The van der Waals surface area contributed by atoms with Crippen LogP contribution < -0.4 is 4.74 Å². The van der Waals surface area contributed by atoms with Gasteiger partial charge in [-0.15, -0.1) is 0 Å². The van der Waals surface area contributed by atoms with Gasteiger partial charge in [-0.05, 0) is 19.9 Å². The summed E-state index contributed by atoms with van der Waals surface area (Å²) in [5.41, 5.74) is -1.23. The van der Waals surface area contributed by atoms with Crippen LogP contribution in [-0.4, -0.2) is 24.2 Å². The van der Waals surface area contributed by atoms with Crippen molar-refractivity contribution in [2.45, 2.75) is 20.0 Å². The Kier molecular flexibility index (Phi) is 4.52. The molecule has 7 heteroatoms. The van der Waals surface area contributed by atoms with Crippen LogP contribution in [0.2, 0.25) is 0 Å². The molecule has 18 heavy (non-hydrogen) atoms. The lowest BCUT2D eigenvalue weighted by Gasteiger charge is -2.12. The van der Waals surface area contributed by atoms with Crippen molar-refractivity contribution in [2.75, 3.05) is 13.2 Å². The van der Waals surface area contributed by atoms with Crippen molar-refractivity contribution in [2.24, 2.45) is 0 Å². The first-order chi connectivity index (χ1) is 8.40. The second-order valence-corrected chi connectivity index (χ2v) is 3.22. The van der Waals surface area contributed by atoms with Crippen LogP contribution in [0.5, 0.6) is 5.75 Å². The molecule has 0 N–H and O–H groups in total. The monoisotopic (exact) mass is 263 g/mol. The first-order valence-corrected chi connectivity index (χ1v) is 5.27. The smallest absolute Gasteiger partial charge is 0.418 e. The molecule has 1 aromatic heterocycles. The summed E-state index contributed by atoms with van der Waals surface area (Å²) in [5, 5.41) is 0. The zero-order chi connectivity index (χ0) is 13.8. The Labute approximate surface area is 102 Å². The number of alkyl halides is 3. The van der Waals surface area contributed by atoms with Crippen molar-refractivity contribution in [1.29, 1.82) is 0 Å². The molecule has 0 aromatic carbocycles. The summed E-state index contributed by atoms with van der Waals surface area (Å²) >= 11 is 0. The van der Waals surface area contributed by atoms with Crippen molar-refractivity contribution in [1.82, 2.24) is 4.98 Å². The van der Waals surface area contributed by atoms with Crippen LogP contribution >= 0.6 is 0 Å². The largest absolute Gasteiger partial charge is 0.491 e. The van der Waals surface area contributed by atoms with Gasteiger partial charge < -0.3 is 9.47 Å². The van der Waals surface area contributed by atoms with Crippen LogP contribution in [0.4, 0.5) is 13.2 Å². The van der Waals surface area contributed by atoms with E-state index >= 15 is 0 Å². The van der Waals surface area contributed by atoms with Crippen molar-refractivity contribution in [3.63, 3.8) is 0 Å². The number of carbonyl (C=O) groups excluding carboxylic acids is 1. The maximum absolute atomic E-state index is 12.5. The SMILES string of the molecule is CCOC(=O)c1ncc(C(F)(F)F)cc1OCC. The molecule has 0 amide bonds. The number of rotatable bonds is 4. The molecule has 0 radical (unpaired) electrons. The summed E-state index contributed by atoms with van der Waals surface area (Å²) in [5.74, 6) is -1.04. The quantitative estimate of drug-likeness (QED) is 0.783. The second-order valence-electron chi connectivity index (χ2n) is 3.22. The van der Waals surface area contributed by atoms with Crippen LogP contribution in [0.3, 0.4) is 0 Å². The number of aromatic nitrogens is 1. The summed E-state index contributed by atoms with van der Waals surface area (Å²) in [4.78, 5) is 14.9. The van der Waals surface area contributed by atoms with Crippen molar-refractivity contribution in [3.05, 3.63) is 23.5 Å². The number of carbonyl (C=O) groups is 1. The fourth-order valence-electron chi connectivity index (χ4n) is 1.22. The van der Waals surface area contributed by atoms with Crippen molar-refractivity contribution in [3.8, 4) is 5.75 Å². The minimum absolute atomic E-state index is 0.104. The van der Waals surface area contributed by atoms with Gasteiger partial charge in [-0.3, -0.25) is 0 Å². The van der Waals surface area contributed by atoms with Gasteiger partial charge in [0.2, 0.25) is 0 Å². The highest BCUT2D eigenvalue weighted by Crippen LogP contribution is 2.32. The predicted molar refractivity (Wildman–Crippen MR) is 56.4 cm³/mol. The highest BCUT2D eigenvalue weighted by atomic mass is 19.4. The van der Waals surface area contributed by atoms with E-state index in [1.807, 2.05) is 0 Å². The summed E-state index contributed by atoms with van der Waals surface area (Å²) < 4.78 is 47.1. The number of ether oxygens (including phenoxy) is 2. The Balaban J connectivity index is 3.16. The van der Waals surface area contributed by atoms with Crippen LogP contribution in [0, 0.1) is 0 Å². The van der Waals surface area contributed by atoms with E-state index in [1.54, 1.807) is 13.8 Å². The van der Waals surface area contributed by atoms with Gasteiger partial charge in [0.25, 0.3) is 0 Å². The molecular formula is C11H12F3NO3. The molecule has 0 atom stereocenters. The third-order valence-electron chi connectivity index (χ3n) is 1.95. The second kappa shape index (κ2) is 5.70. The van der Waals surface area contributed by atoms with E-state index in [0.29, 0.717) is 6.20 Å². The Hall–Kier alpha value is -1.79. The maximum Gasteiger partial charge on any atom is 0.418 e. The van der Waals surface area contributed by atoms with Crippen LogP contribution in [0.25, 0.3) is 0 Å². The molecular weight excluding hydrogens is 251 g/mol. The molecule has 0 spiro atoms. The highest BCUT2D eigenvalue weighted by Gasteiger charge is 2.32. The van der Waals surface area contributed by atoms with Gasteiger partial charge >= 0.3 is 12.1 Å². The van der Waals surface area contributed by atoms with Crippen LogP contribution in [0.1, 0.15) is 29.9 Å². The van der Waals surface area contributed by atoms with Gasteiger partial charge in [0.1, 0.15) is 0 Å². The number of hydrogen-bond donors (Lipinski definition) is 0. The Morgan fingerprint density at radius 1 is 1.33 bits per heavy atom. The van der Waals surface area contributed by atoms with Gasteiger partial charge in [0.15, 0.2) is 11.4 Å². The van der Waals surface area contributed by atoms with Gasteiger partial charge in [-0.25, -0.2) is 9.78 Å². The molecule has 0 aliphatic heterocycles. The highest BCUT2D eigenvalue weighted by molar-refractivity contribution is 5.90. The molecule has 0 aliphatic carbocycles. The molecule has 0 bridgehead atoms. The average molecular weight is 263 g/mol. The minimum atomic E-state index is -4.54. The molecule has 0 aliphatic rings. The predicted octanol–water partition coefficient (Wildman–Crippen LogP) is 2.68. The van der Waals surface area contributed by atoms with Crippen LogP contribution in [0.15, 0.2) is 12.3 Å². The minimum Gasteiger partial charge on any atom is -0.491 e. The molecule has 0 saturated carbocycles. The third kappa shape index (κ3) is 3.35. The zero-order valence-corrected chi connectivity index (χ0v) is 9.87. The molecule has 1 aromatic rings. The summed E-state index contributed by atoms with van der Waals surface area (Å²) in [6.07, 6.45) is -3.96. The van der Waals surface area contributed by atoms with Gasteiger partial charge in [0, 0.05) is 6.20 Å². The van der Waals surface area contributed by atoms with E-state index in [4.69, 9.17) is 4.74 Å². The van der Waals surface area contributed by atoms with E-state index in [2.05, 4.69) is 9.72 Å². The number of halogens is 3. The van der Waals surface area contributed by atoms with E-state index in [1.165, 1.54) is 0 Å². The lowest BCUT2D eigenvalue weighted by atomic mass is 10.2. The zero-order valence-electron chi connectivity index (χ0n) is 9.87. The Morgan fingerprint density at radius 3 is 2.50 bits per heavy atom. The number of nitrogens with zero attached hydrogens (tertiary/aromatic N) is 1. The molecule has 1 rings (SSSR count). The lowest BCUT2D eigenvalue weighted by molar-refractivity contribution is -0.138. The first-order valence-electron chi connectivity index (χ1n) is 5.27. The summed E-state index contributed by atoms with van der Waals surface area (Å²) in [6, 6.07) is 0.739. The molecule has 4 nitrogen and oxygen atoms in total. The molecule has 0 saturated heterocycles. The van der Waals surface area contributed by atoms with Gasteiger partial charge in [-0.2, -0.15) is 13.2 Å². The molecule has 0 fully saturated rings. The maximum atomic E-state index is 12.5. The van der Waals surface area contributed by atoms with Crippen molar-refractivity contribution >= 4 is 5.97 Å². The van der Waals surface area contributed by atoms with E-state index in [9.17, 15) is 18.0 Å². The first kappa shape index (κ1) is 14.3. The normalized spacial score (nSPS) is 11.2. The van der Waals surface area contributed by atoms with Gasteiger partial charge in [0.05, 0.1) is 18.8 Å². The molecule has 100 valence electrons. The van der Waals surface area contributed by atoms with Gasteiger partial charge in [-0.1, -0.05) is 0 Å². The Morgan fingerprint density at radius 2 is 2.00 bits per heavy atom. The average Bonchev–Trinajstić information content (AvgIpc) is 2.28. The van der Waals surface area contributed by atoms with Crippen molar-refractivity contribution < 1.29 is 27.4 Å². The number of pyridine rings is 1. The molecule has 0 unspecified atom stereocenters. The fourth-order valence-corrected chi connectivity index (χ4v) is 1.22. The number of esters is 1. The fraction of sp³-hybridized carbons (Fsp3) is 0.455. The van der Waals surface area contributed by atoms with E-state index < -0.39 is 17.7 Å². The van der Waals surface area contributed by atoms with E-state index in [-0.39, 0.29) is 24.7 Å². The summed E-state index contributed by atoms with van der Waals surface area (Å²) in [6.45, 7) is 3.40. The standard InChI is InChI=1S/C11H12F3NO3/c1-3-17-8-5-7(11(12,13)14)6-15-9(8)10(16)18-4-2/h5-6H,3-4H2,1-2H3. The lowest BCUT2D eigenvalue weighted by Crippen LogP contribution is -2.13. The topological polar surface area (TPSA) is 48.4 Å². The summed E-state index contributed by atoms with van der Waals surface area (Å²) in [7, 11) is 0. The number of hydrogen-bond acceptors (Lipinski definition) is 4. The molecule has 1 heterocycles. The van der Waals surface area contributed by atoms with Crippen LogP contribution in [-0.2, 0) is 10.9 Å². The third-order valence-corrected chi connectivity index (χ3v) is 1.95.